The van der Waals surface area contributed by atoms with E-state index in [0.717, 1.165) is 44.5 Å². The van der Waals surface area contributed by atoms with Crippen LogP contribution in [0.25, 0.3) is 0 Å². The summed E-state index contributed by atoms with van der Waals surface area (Å²) in [7, 11) is 1.97. The number of rotatable bonds is 5. The molecule has 0 bridgehead atoms. The number of aromatic nitrogens is 3. The van der Waals surface area contributed by atoms with Gasteiger partial charge in [0.05, 0.1) is 5.69 Å². The molecule has 1 aliphatic rings. The Morgan fingerprint density at radius 1 is 1.36 bits per heavy atom. The van der Waals surface area contributed by atoms with Gasteiger partial charge in [-0.25, -0.2) is 4.98 Å². The lowest BCUT2D eigenvalue weighted by molar-refractivity contribution is -0.121. The molecule has 134 valence electrons. The Bertz CT molecular complexity index is 731. The fourth-order valence-corrected chi connectivity index (χ4v) is 3.44. The SMILES string of the molecule is CCc1nn(C)cc1CN1CCC(C(=O)Nc2ncccc2C)CC1. The van der Waals surface area contributed by atoms with E-state index >= 15 is 0 Å². The van der Waals surface area contributed by atoms with Gasteiger partial charge in [0, 0.05) is 37.5 Å². The molecule has 1 saturated heterocycles. The lowest BCUT2D eigenvalue weighted by Gasteiger charge is -2.31. The third kappa shape index (κ3) is 4.25. The fourth-order valence-electron chi connectivity index (χ4n) is 3.44. The highest BCUT2D eigenvalue weighted by molar-refractivity contribution is 5.92. The lowest BCUT2D eigenvalue weighted by Crippen LogP contribution is -2.38. The Kier molecular flexibility index (Phi) is 5.48. The summed E-state index contributed by atoms with van der Waals surface area (Å²) in [6.07, 6.45) is 6.56. The summed E-state index contributed by atoms with van der Waals surface area (Å²) >= 11 is 0. The summed E-state index contributed by atoms with van der Waals surface area (Å²) in [5, 5.41) is 7.50. The number of nitrogens with one attached hydrogen (secondary N) is 1. The number of carbonyl (C=O) groups is 1. The fraction of sp³-hybridized carbons (Fsp3) is 0.526. The molecule has 0 saturated carbocycles. The Morgan fingerprint density at radius 2 is 2.12 bits per heavy atom. The smallest absolute Gasteiger partial charge is 0.228 e. The molecule has 0 spiro atoms. The predicted octanol–water partition coefficient (Wildman–Crippen LogP) is 2.54. The van der Waals surface area contributed by atoms with Crippen molar-refractivity contribution in [2.24, 2.45) is 13.0 Å². The van der Waals surface area contributed by atoms with Gasteiger partial charge in [0.1, 0.15) is 5.82 Å². The maximum absolute atomic E-state index is 12.5. The molecule has 3 heterocycles. The third-order valence-corrected chi connectivity index (χ3v) is 4.93. The van der Waals surface area contributed by atoms with E-state index < -0.39 is 0 Å². The van der Waals surface area contributed by atoms with Crippen LogP contribution in [0.2, 0.25) is 0 Å². The summed E-state index contributed by atoms with van der Waals surface area (Å²) in [4.78, 5) is 19.2. The molecule has 25 heavy (non-hydrogen) atoms. The zero-order chi connectivity index (χ0) is 17.8. The number of hydrogen-bond donors (Lipinski definition) is 1. The van der Waals surface area contributed by atoms with Gasteiger partial charge in [0.15, 0.2) is 0 Å². The van der Waals surface area contributed by atoms with Crippen molar-refractivity contribution in [3.8, 4) is 0 Å². The molecule has 0 unspecified atom stereocenters. The molecule has 1 amide bonds. The molecule has 2 aromatic rings. The second-order valence-corrected chi connectivity index (χ2v) is 6.84. The van der Waals surface area contributed by atoms with Gasteiger partial charge in [0.25, 0.3) is 0 Å². The highest BCUT2D eigenvalue weighted by atomic mass is 16.1. The Labute approximate surface area is 149 Å². The topological polar surface area (TPSA) is 63.1 Å². The number of piperidine rings is 1. The maximum Gasteiger partial charge on any atom is 0.228 e. The van der Waals surface area contributed by atoms with Gasteiger partial charge in [-0.2, -0.15) is 5.10 Å². The summed E-state index contributed by atoms with van der Waals surface area (Å²) in [5.41, 5.74) is 3.47. The van der Waals surface area contributed by atoms with Gasteiger partial charge < -0.3 is 5.32 Å². The van der Waals surface area contributed by atoms with Crippen molar-refractivity contribution in [2.75, 3.05) is 18.4 Å². The Hall–Kier alpha value is -2.21. The molecule has 1 N–H and O–H groups in total. The van der Waals surface area contributed by atoms with Crippen LogP contribution in [0.4, 0.5) is 5.82 Å². The number of carbonyl (C=O) groups excluding carboxylic acids is 1. The minimum atomic E-state index is 0.0669. The van der Waals surface area contributed by atoms with Gasteiger partial charge in [-0.3, -0.25) is 14.4 Å². The van der Waals surface area contributed by atoms with Crippen molar-refractivity contribution in [1.82, 2.24) is 19.7 Å². The molecule has 0 atom stereocenters. The predicted molar refractivity (Wildman–Crippen MR) is 98.2 cm³/mol. The minimum Gasteiger partial charge on any atom is -0.310 e. The molecule has 0 aliphatic carbocycles. The Balaban J connectivity index is 1.53. The normalized spacial score (nSPS) is 16.1. The zero-order valence-electron chi connectivity index (χ0n) is 15.3. The Morgan fingerprint density at radius 3 is 2.80 bits per heavy atom. The second kappa shape index (κ2) is 7.78. The highest BCUT2D eigenvalue weighted by Crippen LogP contribution is 2.22. The van der Waals surface area contributed by atoms with Crippen LogP contribution in [0.15, 0.2) is 24.5 Å². The van der Waals surface area contributed by atoms with Crippen LogP contribution in [0.1, 0.15) is 36.6 Å². The van der Waals surface area contributed by atoms with Gasteiger partial charge in [0.2, 0.25) is 5.91 Å². The van der Waals surface area contributed by atoms with Gasteiger partial charge in [-0.15, -0.1) is 0 Å². The van der Waals surface area contributed by atoms with E-state index in [1.54, 1.807) is 6.20 Å². The lowest BCUT2D eigenvalue weighted by atomic mass is 9.95. The van der Waals surface area contributed by atoms with Gasteiger partial charge in [-0.1, -0.05) is 13.0 Å². The van der Waals surface area contributed by atoms with Crippen LogP contribution in [0.5, 0.6) is 0 Å². The molecule has 6 nitrogen and oxygen atoms in total. The number of likely N-dealkylation sites (tertiary alicyclic amines) is 1. The number of nitrogens with zero attached hydrogens (tertiary/aromatic N) is 4. The molecule has 0 radical (unpaired) electrons. The van der Waals surface area contributed by atoms with Gasteiger partial charge >= 0.3 is 0 Å². The monoisotopic (exact) mass is 341 g/mol. The van der Waals surface area contributed by atoms with E-state index in [4.69, 9.17) is 0 Å². The quantitative estimate of drug-likeness (QED) is 0.908. The average Bonchev–Trinajstić information content (AvgIpc) is 2.97. The van der Waals surface area contributed by atoms with Crippen LogP contribution in [-0.2, 0) is 24.8 Å². The molecule has 3 rings (SSSR count). The van der Waals surface area contributed by atoms with E-state index in [2.05, 4.69) is 33.4 Å². The zero-order valence-corrected chi connectivity index (χ0v) is 15.3. The molecular formula is C19H27N5O. The van der Waals surface area contributed by atoms with Crippen LogP contribution in [-0.4, -0.2) is 38.7 Å². The first kappa shape index (κ1) is 17.6. The number of hydrogen-bond acceptors (Lipinski definition) is 4. The maximum atomic E-state index is 12.5. The van der Waals surface area contributed by atoms with Crippen LogP contribution in [0, 0.1) is 12.8 Å². The molecule has 0 aromatic carbocycles. The largest absolute Gasteiger partial charge is 0.310 e. The third-order valence-electron chi connectivity index (χ3n) is 4.93. The van der Waals surface area contributed by atoms with E-state index in [1.807, 2.05) is 30.8 Å². The number of amides is 1. The first-order valence-corrected chi connectivity index (χ1v) is 9.03. The van der Waals surface area contributed by atoms with Crippen LogP contribution >= 0.6 is 0 Å². The molecule has 2 aromatic heterocycles. The van der Waals surface area contributed by atoms with Crippen LogP contribution < -0.4 is 5.32 Å². The van der Waals surface area contributed by atoms with E-state index in [0.29, 0.717) is 5.82 Å². The van der Waals surface area contributed by atoms with Crippen molar-refractivity contribution >= 4 is 11.7 Å². The van der Waals surface area contributed by atoms with Gasteiger partial charge in [-0.05, 0) is 50.9 Å². The molecule has 6 heteroatoms. The standard InChI is InChI=1S/C19H27N5O/c1-4-17-16(12-23(3)22-17)13-24-10-7-15(8-11-24)19(25)21-18-14(2)6-5-9-20-18/h5-6,9,12,15H,4,7-8,10-11,13H2,1-3H3,(H,20,21,25). The molecular weight excluding hydrogens is 314 g/mol. The first-order valence-electron chi connectivity index (χ1n) is 9.03. The van der Waals surface area contributed by atoms with Crippen molar-refractivity contribution in [2.45, 2.75) is 39.7 Å². The van der Waals surface area contributed by atoms with Crippen molar-refractivity contribution in [1.29, 1.82) is 0 Å². The van der Waals surface area contributed by atoms with Crippen molar-refractivity contribution in [3.05, 3.63) is 41.3 Å². The van der Waals surface area contributed by atoms with Crippen molar-refractivity contribution in [3.63, 3.8) is 0 Å². The molecule has 1 fully saturated rings. The summed E-state index contributed by atoms with van der Waals surface area (Å²) < 4.78 is 1.89. The van der Waals surface area contributed by atoms with E-state index in [-0.39, 0.29) is 11.8 Å². The number of aryl methyl sites for hydroxylation is 3. The average molecular weight is 341 g/mol. The van der Waals surface area contributed by atoms with E-state index in [1.165, 1.54) is 11.3 Å². The summed E-state index contributed by atoms with van der Waals surface area (Å²) in [5.74, 6) is 0.840. The number of pyridine rings is 1. The van der Waals surface area contributed by atoms with Crippen molar-refractivity contribution < 1.29 is 4.79 Å². The summed E-state index contributed by atoms with van der Waals surface area (Å²) in [6, 6.07) is 3.84. The van der Waals surface area contributed by atoms with Crippen LogP contribution in [0.3, 0.4) is 0 Å². The minimum absolute atomic E-state index is 0.0669. The number of anilines is 1. The summed E-state index contributed by atoms with van der Waals surface area (Å²) in [6.45, 7) is 6.91. The highest BCUT2D eigenvalue weighted by Gasteiger charge is 2.26. The second-order valence-electron chi connectivity index (χ2n) is 6.84. The van der Waals surface area contributed by atoms with E-state index in [9.17, 15) is 4.79 Å². The molecule has 1 aliphatic heterocycles. The first-order chi connectivity index (χ1) is 12.1.